The summed E-state index contributed by atoms with van der Waals surface area (Å²) in [5.41, 5.74) is 3.39. The number of nitrogens with one attached hydrogen (secondary N) is 1. The maximum atomic E-state index is 13.6. The Labute approximate surface area is 196 Å². The smallest absolute Gasteiger partial charge is 0.267 e. The Morgan fingerprint density at radius 1 is 1.03 bits per heavy atom. The number of hydrogen-bond donors (Lipinski definition) is 1. The molecule has 1 aliphatic heterocycles. The lowest BCUT2D eigenvalue weighted by Gasteiger charge is -2.22. The summed E-state index contributed by atoms with van der Waals surface area (Å²) in [6, 6.07) is 18.8. The van der Waals surface area contributed by atoms with Gasteiger partial charge < -0.3 is 10.2 Å². The average molecular weight is 457 g/mol. The molecule has 1 aliphatic rings. The van der Waals surface area contributed by atoms with Crippen LogP contribution in [-0.2, 0) is 6.54 Å². The average Bonchev–Trinajstić information content (AvgIpc) is 3.38. The Hall–Kier alpha value is -4.00. The van der Waals surface area contributed by atoms with Gasteiger partial charge in [-0.2, -0.15) is 0 Å². The highest BCUT2D eigenvalue weighted by Crippen LogP contribution is 2.24. The number of carbonyl (C=O) groups excluding carboxylic acids is 1. The number of fused-ring (bicyclic) bond motifs is 1. The lowest BCUT2D eigenvalue weighted by atomic mass is 10.1. The van der Waals surface area contributed by atoms with Gasteiger partial charge in [0.15, 0.2) is 0 Å². The van der Waals surface area contributed by atoms with Gasteiger partial charge >= 0.3 is 0 Å². The summed E-state index contributed by atoms with van der Waals surface area (Å²) in [4.78, 5) is 33.4. The van der Waals surface area contributed by atoms with Crippen molar-refractivity contribution in [3.05, 3.63) is 99.6 Å². The van der Waals surface area contributed by atoms with Crippen LogP contribution in [0, 0.1) is 12.7 Å². The lowest BCUT2D eigenvalue weighted by Crippen LogP contribution is -2.30. The highest BCUT2D eigenvalue weighted by molar-refractivity contribution is 5.97. The van der Waals surface area contributed by atoms with E-state index in [0.29, 0.717) is 22.4 Å². The van der Waals surface area contributed by atoms with Crippen molar-refractivity contribution in [2.75, 3.05) is 18.0 Å². The number of rotatable bonds is 5. The summed E-state index contributed by atoms with van der Waals surface area (Å²) in [5, 5.41) is 3.30. The Morgan fingerprint density at radius 2 is 1.79 bits per heavy atom. The Balaban J connectivity index is 1.53. The monoisotopic (exact) mass is 456 g/mol. The molecule has 0 unspecified atom stereocenters. The van der Waals surface area contributed by atoms with Crippen LogP contribution in [0.15, 0.2) is 71.5 Å². The van der Waals surface area contributed by atoms with E-state index >= 15 is 0 Å². The van der Waals surface area contributed by atoms with Crippen LogP contribution in [0.1, 0.15) is 34.3 Å². The molecule has 1 aromatic heterocycles. The fraction of sp³-hybridized carbons (Fsp3) is 0.222. The minimum absolute atomic E-state index is 0.157. The minimum atomic E-state index is -0.319. The minimum Gasteiger partial charge on any atom is -0.348 e. The zero-order valence-corrected chi connectivity index (χ0v) is 18.9. The molecule has 0 saturated carbocycles. The number of nitrogens with zero attached hydrogens (tertiary/aromatic N) is 3. The first-order valence-electron chi connectivity index (χ1n) is 11.4. The van der Waals surface area contributed by atoms with E-state index in [1.165, 1.54) is 12.1 Å². The molecular weight excluding hydrogens is 431 g/mol. The van der Waals surface area contributed by atoms with E-state index < -0.39 is 0 Å². The molecule has 4 aromatic rings. The third kappa shape index (κ3) is 4.29. The van der Waals surface area contributed by atoms with Crippen molar-refractivity contribution in [2.24, 2.45) is 0 Å². The van der Waals surface area contributed by atoms with Gasteiger partial charge in [-0.3, -0.25) is 9.59 Å². The summed E-state index contributed by atoms with van der Waals surface area (Å²) in [5.74, 6) is 0.00360. The predicted molar refractivity (Wildman–Crippen MR) is 131 cm³/mol. The van der Waals surface area contributed by atoms with Crippen LogP contribution >= 0.6 is 0 Å². The van der Waals surface area contributed by atoms with Gasteiger partial charge in [-0.25, -0.2) is 13.9 Å². The van der Waals surface area contributed by atoms with E-state index in [1.807, 2.05) is 31.2 Å². The molecule has 1 N–H and O–H groups in total. The Morgan fingerprint density at radius 3 is 2.53 bits per heavy atom. The highest BCUT2D eigenvalue weighted by Gasteiger charge is 2.22. The number of halogens is 1. The first kappa shape index (κ1) is 21.8. The van der Waals surface area contributed by atoms with Gasteiger partial charge in [-0.05, 0) is 73.4 Å². The lowest BCUT2D eigenvalue weighted by molar-refractivity contribution is 0.0951. The second-order valence-electron chi connectivity index (χ2n) is 8.63. The summed E-state index contributed by atoms with van der Waals surface area (Å²) >= 11 is 0. The zero-order chi connectivity index (χ0) is 23.7. The van der Waals surface area contributed by atoms with Crippen molar-refractivity contribution >= 4 is 22.8 Å². The number of benzene rings is 3. The van der Waals surface area contributed by atoms with Gasteiger partial charge in [0, 0.05) is 25.2 Å². The number of amides is 1. The van der Waals surface area contributed by atoms with E-state index in [1.54, 1.807) is 34.9 Å². The number of aryl methyl sites for hydroxylation is 1. The summed E-state index contributed by atoms with van der Waals surface area (Å²) < 4.78 is 14.8. The zero-order valence-electron chi connectivity index (χ0n) is 18.9. The van der Waals surface area contributed by atoms with Crippen LogP contribution in [0.2, 0.25) is 0 Å². The van der Waals surface area contributed by atoms with Gasteiger partial charge in [-0.1, -0.05) is 24.3 Å². The molecule has 172 valence electrons. The van der Waals surface area contributed by atoms with Crippen LogP contribution in [0.4, 0.5) is 10.3 Å². The van der Waals surface area contributed by atoms with Crippen molar-refractivity contribution in [3.63, 3.8) is 0 Å². The van der Waals surface area contributed by atoms with Crippen LogP contribution < -0.4 is 15.8 Å². The normalized spacial score (nSPS) is 13.4. The van der Waals surface area contributed by atoms with Crippen molar-refractivity contribution < 1.29 is 9.18 Å². The molecule has 0 bridgehead atoms. The van der Waals surface area contributed by atoms with E-state index in [-0.39, 0.29) is 23.8 Å². The van der Waals surface area contributed by atoms with Gasteiger partial charge in [0.2, 0.25) is 5.95 Å². The molecule has 2 heterocycles. The fourth-order valence-corrected chi connectivity index (χ4v) is 4.33. The molecule has 3 aromatic carbocycles. The molecule has 1 saturated heterocycles. The van der Waals surface area contributed by atoms with Gasteiger partial charge in [0.1, 0.15) is 5.82 Å². The molecule has 7 heteroatoms. The number of anilines is 1. The highest BCUT2D eigenvalue weighted by atomic mass is 19.1. The third-order valence-corrected chi connectivity index (χ3v) is 6.13. The molecule has 6 nitrogen and oxygen atoms in total. The molecule has 5 rings (SSSR count). The maximum Gasteiger partial charge on any atom is 0.267 e. The van der Waals surface area contributed by atoms with E-state index in [9.17, 15) is 14.0 Å². The van der Waals surface area contributed by atoms with E-state index in [4.69, 9.17) is 4.98 Å². The van der Waals surface area contributed by atoms with Crippen LogP contribution in [0.3, 0.4) is 0 Å². The second kappa shape index (κ2) is 9.09. The summed E-state index contributed by atoms with van der Waals surface area (Å²) in [7, 11) is 0. The first-order valence-corrected chi connectivity index (χ1v) is 11.4. The molecule has 34 heavy (non-hydrogen) atoms. The van der Waals surface area contributed by atoms with Crippen LogP contribution in [0.5, 0.6) is 0 Å². The van der Waals surface area contributed by atoms with Gasteiger partial charge in [-0.15, -0.1) is 0 Å². The third-order valence-electron chi connectivity index (χ3n) is 6.13. The molecule has 0 radical (unpaired) electrons. The second-order valence-corrected chi connectivity index (χ2v) is 8.63. The van der Waals surface area contributed by atoms with Crippen LogP contribution in [-0.4, -0.2) is 28.5 Å². The van der Waals surface area contributed by atoms with Gasteiger partial charge in [0.05, 0.1) is 16.6 Å². The predicted octanol–water partition coefficient (Wildman–Crippen LogP) is 4.36. The van der Waals surface area contributed by atoms with Crippen LogP contribution in [0.25, 0.3) is 16.6 Å². The number of aromatic nitrogens is 2. The first-order chi connectivity index (χ1) is 16.5. The van der Waals surface area contributed by atoms with Crippen molar-refractivity contribution in [1.82, 2.24) is 14.9 Å². The number of hydrogen-bond acceptors (Lipinski definition) is 4. The number of carbonyl (C=O) groups is 1. The van der Waals surface area contributed by atoms with Crippen molar-refractivity contribution in [3.8, 4) is 5.69 Å². The van der Waals surface area contributed by atoms with Crippen molar-refractivity contribution in [1.29, 1.82) is 0 Å². The standard InChI is InChI=1S/C27H25FN4O2/c1-18-5-4-6-22(15-18)32-26(34)23-12-9-20(16-24(23)30-27(32)31-13-2-3-14-31)25(33)29-17-19-7-10-21(28)11-8-19/h4-12,15-16H,2-3,13-14,17H2,1H3,(H,29,33). The summed E-state index contributed by atoms with van der Waals surface area (Å²) in [6.07, 6.45) is 2.10. The van der Waals surface area contributed by atoms with E-state index in [0.717, 1.165) is 42.7 Å². The SMILES string of the molecule is Cc1cccc(-n2c(N3CCCC3)nc3cc(C(=O)NCc4ccc(F)cc4)ccc3c2=O)c1. The molecule has 0 atom stereocenters. The van der Waals surface area contributed by atoms with Gasteiger partial charge in [0.25, 0.3) is 11.5 Å². The molecule has 1 fully saturated rings. The molecular formula is C27H25FN4O2. The fourth-order valence-electron chi connectivity index (χ4n) is 4.33. The summed E-state index contributed by atoms with van der Waals surface area (Å²) in [6.45, 7) is 3.94. The molecule has 0 spiro atoms. The van der Waals surface area contributed by atoms with Crippen molar-refractivity contribution in [2.45, 2.75) is 26.3 Å². The topological polar surface area (TPSA) is 67.2 Å². The quantitative estimate of drug-likeness (QED) is 0.485. The Bertz CT molecular complexity index is 1420. The maximum absolute atomic E-state index is 13.6. The Kier molecular flexibility index (Phi) is 5.84. The largest absolute Gasteiger partial charge is 0.348 e. The van der Waals surface area contributed by atoms with E-state index in [2.05, 4.69) is 10.2 Å². The molecule has 1 amide bonds. The molecule has 0 aliphatic carbocycles.